The Hall–Kier alpha value is -0.870. The van der Waals surface area contributed by atoms with Crippen molar-refractivity contribution in [3.63, 3.8) is 0 Å². The van der Waals surface area contributed by atoms with Crippen LogP contribution in [0.4, 0.5) is 5.82 Å². The lowest BCUT2D eigenvalue weighted by molar-refractivity contribution is -0.0814. The molecule has 4 nitrogen and oxygen atoms in total. The second-order valence-electron chi connectivity index (χ2n) is 6.16. The third-order valence-corrected chi connectivity index (χ3v) is 3.77. The van der Waals surface area contributed by atoms with Crippen LogP contribution in [0.2, 0.25) is 5.02 Å². The van der Waals surface area contributed by atoms with E-state index in [2.05, 4.69) is 36.1 Å². The Morgan fingerprint density at radius 2 is 2.26 bits per heavy atom. The Bertz CT molecular complexity index is 419. The molecule has 2 unspecified atom stereocenters. The smallest absolute Gasteiger partial charge is 0.148 e. The van der Waals surface area contributed by atoms with E-state index in [0.29, 0.717) is 16.8 Å². The molecular formula is C14H22ClN3O. The summed E-state index contributed by atoms with van der Waals surface area (Å²) < 4.78 is 5.97. The predicted molar refractivity (Wildman–Crippen MR) is 77.5 cm³/mol. The fraction of sp³-hybridized carbons (Fsp3) is 0.714. The standard InChI is InChI=1S/C14H22ClN3O/c1-14(2,3)12-10(5-4-6-19-12)7-17-13-11(15)8-16-9-18-13/h8-10,12H,4-7H2,1-3H3,(H,16,17,18). The highest BCUT2D eigenvalue weighted by atomic mass is 35.5. The van der Waals surface area contributed by atoms with Crippen LogP contribution in [0.1, 0.15) is 33.6 Å². The van der Waals surface area contributed by atoms with Crippen molar-refractivity contribution in [1.29, 1.82) is 0 Å². The van der Waals surface area contributed by atoms with E-state index in [1.54, 1.807) is 6.20 Å². The van der Waals surface area contributed by atoms with Gasteiger partial charge >= 0.3 is 0 Å². The molecule has 2 heterocycles. The first-order valence-electron chi connectivity index (χ1n) is 6.79. The van der Waals surface area contributed by atoms with Crippen molar-refractivity contribution in [2.24, 2.45) is 11.3 Å². The van der Waals surface area contributed by atoms with Gasteiger partial charge in [-0.3, -0.25) is 0 Å². The lowest BCUT2D eigenvalue weighted by Crippen LogP contribution is -2.42. The second kappa shape index (κ2) is 6.06. The fourth-order valence-electron chi connectivity index (χ4n) is 2.68. The van der Waals surface area contributed by atoms with Gasteiger partial charge in [0, 0.05) is 19.1 Å². The minimum atomic E-state index is 0.155. The molecule has 0 aliphatic carbocycles. The molecule has 0 spiro atoms. The Balaban J connectivity index is 1.99. The molecule has 1 aromatic rings. The van der Waals surface area contributed by atoms with Crippen LogP contribution in [0.25, 0.3) is 0 Å². The molecule has 1 saturated heterocycles. The Morgan fingerprint density at radius 3 is 2.95 bits per heavy atom. The molecule has 5 heteroatoms. The lowest BCUT2D eigenvalue weighted by atomic mass is 9.78. The van der Waals surface area contributed by atoms with E-state index < -0.39 is 0 Å². The van der Waals surface area contributed by atoms with Crippen molar-refractivity contribution in [1.82, 2.24) is 9.97 Å². The summed E-state index contributed by atoms with van der Waals surface area (Å²) in [5, 5.41) is 3.88. The summed E-state index contributed by atoms with van der Waals surface area (Å²) in [4.78, 5) is 8.04. The van der Waals surface area contributed by atoms with Gasteiger partial charge in [-0.15, -0.1) is 0 Å². The molecular weight excluding hydrogens is 262 g/mol. The average Bonchev–Trinajstić information content (AvgIpc) is 2.37. The van der Waals surface area contributed by atoms with Gasteiger partial charge in [-0.05, 0) is 18.3 Å². The maximum atomic E-state index is 6.05. The van der Waals surface area contributed by atoms with Crippen molar-refractivity contribution in [3.8, 4) is 0 Å². The number of hydrogen-bond donors (Lipinski definition) is 1. The predicted octanol–water partition coefficient (Wildman–Crippen LogP) is 3.38. The van der Waals surface area contributed by atoms with Crippen LogP contribution in [-0.4, -0.2) is 29.2 Å². The van der Waals surface area contributed by atoms with Crippen LogP contribution in [0.5, 0.6) is 0 Å². The van der Waals surface area contributed by atoms with Gasteiger partial charge in [0.25, 0.3) is 0 Å². The number of nitrogens with one attached hydrogen (secondary N) is 1. The third kappa shape index (κ3) is 3.80. The van der Waals surface area contributed by atoms with Crippen molar-refractivity contribution in [2.45, 2.75) is 39.7 Å². The van der Waals surface area contributed by atoms with Crippen molar-refractivity contribution in [2.75, 3.05) is 18.5 Å². The molecule has 2 atom stereocenters. The molecule has 0 amide bonds. The molecule has 1 aliphatic rings. The normalized spacial score (nSPS) is 24.2. The minimum absolute atomic E-state index is 0.155. The van der Waals surface area contributed by atoms with Gasteiger partial charge in [0.15, 0.2) is 0 Å². The number of ether oxygens (including phenoxy) is 1. The molecule has 1 fully saturated rings. The van der Waals surface area contributed by atoms with Crippen LogP contribution < -0.4 is 5.32 Å². The Morgan fingerprint density at radius 1 is 1.47 bits per heavy atom. The first kappa shape index (κ1) is 14.5. The third-order valence-electron chi connectivity index (χ3n) is 3.50. The minimum Gasteiger partial charge on any atom is -0.377 e. The summed E-state index contributed by atoms with van der Waals surface area (Å²) in [5.41, 5.74) is 0.155. The molecule has 0 aromatic carbocycles. The van der Waals surface area contributed by atoms with Gasteiger partial charge in [0.1, 0.15) is 17.2 Å². The van der Waals surface area contributed by atoms with Crippen LogP contribution >= 0.6 is 11.6 Å². The molecule has 106 valence electrons. The number of aromatic nitrogens is 2. The van der Waals surface area contributed by atoms with Gasteiger partial charge in [-0.1, -0.05) is 32.4 Å². The topological polar surface area (TPSA) is 47.0 Å². The van der Waals surface area contributed by atoms with E-state index in [1.807, 2.05) is 0 Å². The lowest BCUT2D eigenvalue weighted by Gasteiger charge is -2.40. The van der Waals surface area contributed by atoms with E-state index in [4.69, 9.17) is 16.3 Å². The highest BCUT2D eigenvalue weighted by molar-refractivity contribution is 6.32. The molecule has 1 N–H and O–H groups in total. The van der Waals surface area contributed by atoms with E-state index in [0.717, 1.165) is 19.6 Å². The van der Waals surface area contributed by atoms with Gasteiger partial charge in [0.05, 0.1) is 12.3 Å². The van der Waals surface area contributed by atoms with Gasteiger partial charge in [-0.25, -0.2) is 9.97 Å². The average molecular weight is 284 g/mol. The molecule has 1 aromatic heterocycles. The quantitative estimate of drug-likeness (QED) is 0.924. The summed E-state index contributed by atoms with van der Waals surface area (Å²) in [7, 11) is 0. The summed E-state index contributed by atoms with van der Waals surface area (Å²) in [5.74, 6) is 1.19. The number of hydrogen-bond acceptors (Lipinski definition) is 4. The number of nitrogens with zero attached hydrogens (tertiary/aromatic N) is 2. The van der Waals surface area contributed by atoms with Crippen molar-refractivity contribution >= 4 is 17.4 Å². The molecule has 0 radical (unpaired) electrons. The first-order valence-corrected chi connectivity index (χ1v) is 7.17. The summed E-state index contributed by atoms with van der Waals surface area (Å²) in [6.07, 6.45) is 5.69. The maximum Gasteiger partial charge on any atom is 0.148 e. The number of anilines is 1. The highest BCUT2D eigenvalue weighted by Crippen LogP contribution is 2.34. The zero-order valence-corrected chi connectivity index (χ0v) is 12.6. The van der Waals surface area contributed by atoms with E-state index in [1.165, 1.54) is 12.7 Å². The fourth-order valence-corrected chi connectivity index (χ4v) is 2.85. The van der Waals surface area contributed by atoms with Crippen LogP contribution in [0.3, 0.4) is 0 Å². The van der Waals surface area contributed by atoms with E-state index in [9.17, 15) is 0 Å². The Labute approximate surface area is 119 Å². The molecule has 19 heavy (non-hydrogen) atoms. The largest absolute Gasteiger partial charge is 0.377 e. The zero-order valence-electron chi connectivity index (χ0n) is 11.8. The highest BCUT2D eigenvalue weighted by Gasteiger charge is 2.35. The van der Waals surface area contributed by atoms with Crippen LogP contribution in [-0.2, 0) is 4.74 Å². The number of halogens is 1. The van der Waals surface area contributed by atoms with Gasteiger partial charge in [0.2, 0.25) is 0 Å². The molecule has 1 aliphatic heterocycles. The summed E-state index contributed by atoms with van der Waals surface area (Å²) in [6, 6.07) is 0. The van der Waals surface area contributed by atoms with Crippen LogP contribution in [0, 0.1) is 11.3 Å². The van der Waals surface area contributed by atoms with Crippen molar-refractivity contribution in [3.05, 3.63) is 17.5 Å². The van der Waals surface area contributed by atoms with Gasteiger partial charge in [-0.2, -0.15) is 0 Å². The maximum absolute atomic E-state index is 6.05. The first-order chi connectivity index (χ1) is 8.98. The zero-order chi connectivity index (χ0) is 13.9. The number of rotatable bonds is 3. The van der Waals surface area contributed by atoms with Crippen LogP contribution in [0.15, 0.2) is 12.5 Å². The van der Waals surface area contributed by atoms with Gasteiger partial charge < -0.3 is 10.1 Å². The Kier molecular flexibility index (Phi) is 4.63. The van der Waals surface area contributed by atoms with E-state index >= 15 is 0 Å². The van der Waals surface area contributed by atoms with Crippen molar-refractivity contribution < 1.29 is 4.74 Å². The SMILES string of the molecule is CC(C)(C)C1OCCCC1CNc1ncncc1Cl. The molecule has 0 bridgehead atoms. The summed E-state index contributed by atoms with van der Waals surface area (Å²) >= 11 is 6.05. The second-order valence-corrected chi connectivity index (χ2v) is 6.57. The summed E-state index contributed by atoms with van der Waals surface area (Å²) in [6.45, 7) is 8.39. The monoisotopic (exact) mass is 283 g/mol. The molecule has 0 saturated carbocycles. The molecule has 2 rings (SSSR count). The van der Waals surface area contributed by atoms with E-state index in [-0.39, 0.29) is 11.5 Å².